The lowest BCUT2D eigenvalue weighted by atomic mass is 9.93. The second kappa shape index (κ2) is 9.76. The molecule has 5 nitrogen and oxygen atoms in total. The lowest BCUT2D eigenvalue weighted by Crippen LogP contribution is -2.46. The molecule has 1 aromatic carbocycles. The summed E-state index contributed by atoms with van der Waals surface area (Å²) < 4.78 is 18.5. The third-order valence-corrected chi connectivity index (χ3v) is 5.79. The van der Waals surface area contributed by atoms with Crippen LogP contribution in [-0.2, 0) is 4.74 Å². The van der Waals surface area contributed by atoms with Crippen LogP contribution in [-0.4, -0.2) is 69.3 Å². The van der Waals surface area contributed by atoms with E-state index >= 15 is 0 Å². The standard InChI is InChI=1S/C20H33FN4O/c1-24-11-8-19(9-12-24)25(10-3-13-26-2)15-17-14-22-23-20(17)16-4-6-18(21)7-5-16/h4-7,17,19-20,22-23H,3,8-15H2,1-2H3. The molecule has 2 atom stereocenters. The first-order valence-electron chi connectivity index (χ1n) is 9.82. The second-order valence-electron chi connectivity index (χ2n) is 7.69. The van der Waals surface area contributed by atoms with Crippen molar-refractivity contribution in [3.63, 3.8) is 0 Å². The van der Waals surface area contributed by atoms with Crippen molar-refractivity contribution >= 4 is 0 Å². The Bertz CT molecular complexity index is 533. The van der Waals surface area contributed by atoms with E-state index in [4.69, 9.17) is 4.74 Å². The molecule has 0 saturated carbocycles. The molecule has 0 bridgehead atoms. The molecule has 0 aromatic heterocycles. The van der Waals surface area contributed by atoms with Crippen LogP contribution in [0.3, 0.4) is 0 Å². The van der Waals surface area contributed by atoms with Gasteiger partial charge in [-0.1, -0.05) is 12.1 Å². The minimum Gasteiger partial charge on any atom is -0.385 e. The molecule has 2 aliphatic heterocycles. The number of halogens is 1. The molecule has 2 N–H and O–H groups in total. The molecule has 0 amide bonds. The Kier molecular flexibility index (Phi) is 7.40. The number of nitrogens with one attached hydrogen (secondary N) is 2. The fourth-order valence-corrected chi connectivity index (χ4v) is 4.23. The number of ether oxygens (including phenoxy) is 1. The number of hydrogen-bond acceptors (Lipinski definition) is 5. The fraction of sp³-hybridized carbons (Fsp3) is 0.700. The van der Waals surface area contributed by atoms with Crippen molar-refractivity contribution in [3.05, 3.63) is 35.6 Å². The van der Waals surface area contributed by atoms with Crippen LogP contribution in [0.1, 0.15) is 30.9 Å². The average Bonchev–Trinajstić information content (AvgIpc) is 3.11. The molecule has 3 rings (SSSR count). The van der Waals surface area contributed by atoms with Gasteiger partial charge in [-0.3, -0.25) is 10.3 Å². The maximum atomic E-state index is 13.3. The molecule has 2 aliphatic rings. The number of piperidine rings is 1. The normalized spacial score (nSPS) is 25.2. The SMILES string of the molecule is COCCCN(CC1CNNC1c1ccc(F)cc1)C1CCN(C)CC1. The van der Waals surface area contributed by atoms with Gasteiger partial charge in [-0.2, -0.15) is 0 Å². The van der Waals surface area contributed by atoms with Gasteiger partial charge < -0.3 is 9.64 Å². The van der Waals surface area contributed by atoms with E-state index in [1.54, 1.807) is 19.2 Å². The van der Waals surface area contributed by atoms with Crippen molar-refractivity contribution in [3.8, 4) is 0 Å². The van der Waals surface area contributed by atoms with Crippen LogP contribution in [0.2, 0.25) is 0 Å². The molecule has 2 saturated heterocycles. The van der Waals surface area contributed by atoms with Gasteiger partial charge in [0, 0.05) is 45.3 Å². The third kappa shape index (κ3) is 5.24. The van der Waals surface area contributed by atoms with Crippen molar-refractivity contribution < 1.29 is 9.13 Å². The Morgan fingerprint density at radius 2 is 1.96 bits per heavy atom. The van der Waals surface area contributed by atoms with Gasteiger partial charge >= 0.3 is 0 Å². The molecule has 0 radical (unpaired) electrons. The summed E-state index contributed by atoms with van der Waals surface area (Å²) in [6.45, 7) is 6.23. The lowest BCUT2D eigenvalue weighted by Gasteiger charge is -2.39. The predicted molar refractivity (Wildman–Crippen MR) is 102 cm³/mol. The molecule has 0 spiro atoms. The summed E-state index contributed by atoms with van der Waals surface area (Å²) in [5.74, 6) is 0.298. The maximum Gasteiger partial charge on any atom is 0.123 e. The van der Waals surface area contributed by atoms with E-state index in [1.807, 2.05) is 12.1 Å². The van der Waals surface area contributed by atoms with Crippen LogP contribution in [0.25, 0.3) is 0 Å². The topological polar surface area (TPSA) is 39.8 Å². The summed E-state index contributed by atoms with van der Waals surface area (Å²) in [4.78, 5) is 5.09. The quantitative estimate of drug-likeness (QED) is 0.691. The highest BCUT2D eigenvalue weighted by Crippen LogP contribution is 2.28. The first-order valence-corrected chi connectivity index (χ1v) is 9.82. The highest BCUT2D eigenvalue weighted by Gasteiger charge is 2.32. The minimum atomic E-state index is -0.177. The Morgan fingerprint density at radius 3 is 2.65 bits per heavy atom. The van der Waals surface area contributed by atoms with E-state index in [9.17, 15) is 4.39 Å². The Labute approximate surface area is 156 Å². The van der Waals surface area contributed by atoms with E-state index in [2.05, 4.69) is 27.7 Å². The maximum absolute atomic E-state index is 13.3. The van der Waals surface area contributed by atoms with E-state index in [1.165, 1.54) is 25.9 Å². The van der Waals surface area contributed by atoms with Gasteiger partial charge in [0.15, 0.2) is 0 Å². The van der Waals surface area contributed by atoms with Crippen molar-refractivity contribution in [2.24, 2.45) is 5.92 Å². The number of methoxy groups -OCH3 is 1. The van der Waals surface area contributed by atoms with Crippen LogP contribution in [0.15, 0.2) is 24.3 Å². The van der Waals surface area contributed by atoms with Gasteiger partial charge in [-0.25, -0.2) is 9.82 Å². The number of hydrazine groups is 1. The van der Waals surface area contributed by atoms with Crippen molar-refractivity contribution in [1.82, 2.24) is 20.7 Å². The molecular weight excluding hydrogens is 331 g/mol. The summed E-state index contributed by atoms with van der Waals surface area (Å²) >= 11 is 0. The van der Waals surface area contributed by atoms with Gasteiger partial charge in [0.05, 0.1) is 6.04 Å². The smallest absolute Gasteiger partial charge is 0.123 e. The fourth-order valence-electron chi connectivity index (χ4n) is 4.23. The number of likely N-dealkylation sites (tertiary alicyclic amines) is 1. The van der Waals surface area contributed by atoms with Crippen LogP contribution in [0.4, 0.5) is 4.39 Å². The summed E-state index contributed by atoms with van der Waals surface area (Å²) in [5, 5.41) is 0. The van der Waals surface area contributed by atoms with Crippen LogP contribution in [0, 0.1) is 11.7 Å². The molecule has 2 heterocycles. The molecule has 26 heavy (non-hydrogen) atoms. The number of benzene rings is 1. The molecule has 6 heteroatoms. The van der Waals surface area contributed by atoms with Crippen molar-refractivity contribution in [2.75, 3.05) is 53.5 Å². The highest BCUT2D eigenvalue weighted by molar-refractivity contribution is 5.21. The monoisotopic (exact) mass is 364 g/mol. The zero-order chi connectivity index (χ0) is 18.4. The highest BCUT2D eigenvalue weighted by atomic mass is 19.1. The van der Waals surface area contributed by atoms with Crippen LogP contribution >= 0.6 is 0 Å². The molecule has 146 valence electrons. The van der Waals surface area contributed by atoms with Crippen LogP contribution in [0.5, 0.6) is 0 Å². The Morgan fingerprint density at radius 1 is 1.23 bits per heavy atom. The second-order valence-corrected chi connectivity index (χ2v) is 7.69. The number of nitrogens with zero attached hydrogens (tertiary/aromatic N) is 2. The Hall–Kier alpha value is -1.05. The minimum absolute atomic E-state index is 0.177. The van der Waals surface area contributed by atoms with Gasteiger partial charge in [0.2, 0.25) is 0 Å². The van der Waals surface area contributed by atoms with Crippen molar-refractivity contribution in [1.29, 1.82) is 0 Å². The van der Waals surface area contributed by atoms with Gasteiger partial charge in [0.1, 0.15) is 5.82 Å². The molecule has 1 aromatic rings. The van der Waals surface area contributed by atoms with E-state index in [0.717, 1.165) is 38.2 Å². The first-order chi connectivity index (χ1) is 12.7. The summed E-state index contributed by atoms with van der Waals surface area (Å²) in [6, 6.07) is 7.79. The molecular formula is C20H33FN4O. The predicted octanol–water partition coefficient (Wildman–Crippen LogP) is 2.02. The van der Waals surface area contributed by atoms with E-state index in [0.29, 0.717) is 12.0 Å². The van der Waals surface area contributed by atoms with Crippen LogP contribution < -0.4 is 10.9 Å². The van der Waals surface area contributed by atoms with E-state index < -0.39 is 0 Å². The van der Waals surface area contributed by atoms with Gasteiger partial charge in [0.25, 0.3) is 0 Å². The summed E-state index contributed by atoms with van der Waals surface area (Å²) in [5.41, 5.74) is 7.86. The van der Waals surface area contributed by atoms with Gasteiger partial charge in [-0.05, 0) is 57.1 Å². The zero-order valence-electron chi connectivity index (χ0n) is 16.1. The molecule has 0 aliphatic carbocycles. The van der Waals surface area contributed by atoms with Crippen molar-refractivity contribution in [2.45, 2.75) is 31.3 Å². The number of rotatable bonds is 8. The zero-order valence-corrected chi connectivity index (χ0v) is 16.1. The van der Waals surface area contributed by atoms with E-state index in [-0.39, 0.29) is 11.9 Å². The summed E-state index contributed by atoms with van der Waals surface area (Å²) in [7, 11) is 3.98. The molecule has 2 unspecified atom stereocenters. The summed E-state index contributed by atoms with van der Waals surface area (Å²) in [6.07, 6.45) is 3.54. The molecule has 2 fully saturated rings. The van der Waals surface area contributed by atoms with Gasteiger partial charge in [-0.15, -0.1) is 0 Å². The first kappa shape index (κ1) is 19.7. The largest absolute Gasteiger partial charge is 0.385 e. The lowest BCUT2D eigenvalue weighted by molar-refractivity contribution is 0.0912. The Balaban J connectivity index is 1.64. The third-order valence-electron chi connectivity index (χ3n) is 5.79. The number of hydrogen-bond donors (Lipinski definition) is 2. The average molecular weight is 365 g/mol.